The molecule has 0 aromatic carbocycles. The number of aromatic nitrogens is 1. The van der Waals surface area contributed by atoms with Gasteiger partial charge in [0.1, 0.15) is 11.6 Å². The molecule has 0 bridgehead atoms. The summed E-state index contributed by atoms with van der Waals surface area (Å²) in [4.78, 5) is 6.66. The van der Waals surface area contributed by atoms with Crippen molar-refractivity contribution in [3.63, 3.8) is 0 Å². The first kappa shape index (κ1) is 14.3. The topological polar surface area (TPSA) is 28.2 Å². The van der Waals surface area contributed by atoms with E-state index in [-0.39, 0.29) is 5.82 Å². The van der Waals surface area contributed by atoms with Crippen LogP contribution in [0.1, 0.15) is 45.6 Å². The van der Waals surface area contributed by atoms with Crippen LogP contribution in [-0.4, -0.2) is 23.6 Å². The molecule has 1 aliphatic heterocycles. The van der Waals surface area contributed by atoms with E-state index in [0.29, 0.717) is 18.6 Å². The normalized spacial score (nSPS) is 20.1. The van der Waals surface area contributed by atoms with Gasteiger partial charge in [0.15, 0.2) is 0 Å². The first-order valence-corrected chi connectivity index (χ1v) is 7.22. The van der Waals surface area contributed by atoms with Crippen molar-refractivity contribution in [1.82, 2.24) is 10.3 Å². The molecule has 1 aromatic heterocycles. The number of halogens is 1. The molecule has 0 spiro atoms. The van der Waals surface area contributed by atoms with Gasteiger partial charge in [0.2, 0.25) is 0 Å². The Labute approximate surface area is 115 Å². The second-order valence-corrected chi connectivity index (χ2v) is 5.71. The molecule has 0 saturated carbocycles. The van der Waals surface area contributed by atoms with Crippen molar-refractivity contribution in [1.29, 1.82) is 0 Å². The van der Waals surface area contributed by atoms with E-state index in [4.69, 9.17) is 0 Å². The Balaban J connectivity index is 2.22. The van der Waals surface area contributed by atoms with E-state index < -0.39 is 0 Å². The van der Waals surface area contributed by atoms with E-state index in [9.17, 15) is 4.39 Å². The van der Waals surface area contributed by atoms with Crippen LogP contribution in [-0.2, 0) is 6.54 Å². The zero-order valence-electron chi connectivity index (χ0n) is 12.1. The number of pyridine rings is 1. The summed E-state index contributed by atoms with van der Waals surface area (Å²) >= 11 is 0. The predicted molar refractivity (Wildman–Crippen MR) is 76.8 cm³/mol. The Morgan fingerprint density at radius 2 is 2.26 bits per heavy atom. The highest BCUT2D eigenvalue weighted by Gasteiger charge is 2.22. The van der Waals surface area contributed by atoms with Crippen LogP contribution in [0.15, 0.2) is 12.3 Å². The minimum atomic E-state index is -0.256. The molecule has 4 heteroatoms. The van der Waals surface area contributed by atoms with E-state index >= 15 is 0 Å². The van der Waals surface area contributed by atoms with Crippen LogP contribution in [0.4, 0.5) is 10.2 Å². The number of anilines is 1. The quantitative estimate of drug-likeness (QED) is 0.906. The van der Waals surface area contributed by atoms with Gasteiger partial charge in [-0.25, -0.2) is 9.37 Å². The Morgan fingerprint density at radius 3 is 2.95 bits per heavy atom. The molecule has 1 aliphatic rings. The number of nitrogens with one attached hydrogen (secondary N) is 1. The van der Waals surface area contributed by atoms with E-state index in [2.05, 4.69) is 36.0 Å². The molecule has 1 unspecified atom stereocenters. The van der Waals surface area contributed by atoms with Gasteiger partial charge in [-0.1, -0.05) is 13.8 Å². The molecule has 3 nitrogen and oxygen atoms in total. The van der Waals surface area contributed by atoms with Crippen molar-refractivity contribution < 1.29 is 4.39 Å². The smallest absolute Gasteiger partial charge is 0.141 e. The molecule has 1 aromatic rings. The van der Waals surface area contributed by atoms with Gasteiger partial charge in [-0.15, -0.1) is 0 Å². The first-order valence-electron chi connectivity index (χ1n) is 7.22. The van der Waals surface area contributed by atoms with E-state index in [0.717, 1.165) is 17.9 Å². The third-order valence-electron chi connectivity index (χ3n) is 3.69. The standard InChI is InChI=1S/C15H24FN3/c1-11(2)17-9-13-8-14(16)10-18-15(13)19-7-5-4-6-12(19)3/h8,10-12,17H,4-7,9H2,1-3H3. The zero-order valence-corrected chi connectivity index (χ0v) is 12.1. The number of hydrogen-bond donors (Lipinski definition) is 1. The molecular weight excluding hydrogens is 241 g/mol. The number of nitrogens with zero attached hydrogens (tertiary/aromatic N) is 2. The molecule has 2 heterocycles. The average molecular weight is 265 g/mol. The minimum absolute atomic E-state index is 0.256. The second-order valence-electron chi connectivity index (χ2n) is 5.71. The van der Waals surface area contributed by atoms with Crippen molar-refractivity contribution in [3.8, 4) is 0 Å². The highest BCUT2D eigenvalue weighted by molar-refractivity contribution is 5.48. The van der Waals surface area contributed by atoms with Crippen LogP contribution in [0, 0.1) is 5.82 Å². The van der Waals surface area contributed by atoms with Crippen molar-refractivity contribution in [2.24, 2.45) is 0 Å². The van der Waals surface area contributed by atoms with Crippen LogP contribution in [0.5, 0.6) is 0 Å². The van der Waals surface area contributed by atoms with E-state index in [1.54, 1.807) is 6.07 Å². The number of piperidine rings is 1. The lowest BCUT2D eigenvalue weighted by molar-refractivity contribution is 0.477. The third-order valence-corrected chi connectivity index (χ3v) is 3.69. The van der Waals surface area contributed by atoms with Crippen molar-refractivity contribution in [3.05, 3.63) is 23.6 Å². The Kier molecular flexibility index (Phi) is 4.75. The summed E-state index contributed by atoms with van der Waals surface area (Å²) in [5.41, 5.74) is 0.961. The van der Waals surface area contributed by atoms with Crippen molar-refractivity contribution in [2.75, 3.05) is 11.4 Å². The number of hydrogen-bond acceptors (Lipinski definition) is 3. The van der Waals surface area contributed by atoms with E-state index in [1.807, 2.05) is 0 Å². The predicted octanol–water partition coefficient (Wildman–Crippen LogP) is 3.10. The van der Waals surface area contributed by atoms with Gasteiger partial charge in [0.05, 0.1) is 6.20 Å². The lowest BCUT2D eigenvalue weighted by Crippen LogP contribution is -2.39. The molecule has 0 amide bonds. The van der Waals surface area contributed by atoms with Crippen molar-refractivity contribution >= 4 is 5.82 Å². The first-order chi connectivity index (χ1) is 9.08. The summed E-state index contributed by atoms with van der Waals surface area (Å²) in [5, 5.41) is 3.35. The van der Waals surface area contributed by atoms with Gasteiger partial charge in [-0.2, -0.15) is 0 Å². The van der Waals surface area contributed by atoms with Gasteiger partial charge in [-0.05, 0) is 32.3 Å². The molecule has 1 N–H and O–H groups in total. The fourth-order valence-corrected chi connectivity index (χ4v) is 2.59. The number of rotatable bonds is 4. The molecule has 106 valence electrons. The van der Waals surface area contributed by atoms with Gasteiger partial charge >= 0.3 is 0 Å². The summed E-state index contributed by atoms with van der Waals surface area (Å²) in [5.74, 6) is 0.690. The van der Waals surface area contributed by atoms with Crippen LogP contribution in [0.2, 0.25) is 0 Å². The van der Waals surface area contributed by atoms with E-state index in [1.165, 1.54) is 25.5 Å². The molecule has 19 heavy (non-hydrogen) atoms. The Bertz CT molecular complexity index is 420. The SMILES string of the molecule is CC(C)NCc1cc(F)cnc1N1CCCCC1C. The summed E-state index contributed by atoms with van der Waals surface area (Å²) in [6, 6.07) is 2.48. The summed E-state index contributed by atoms with van der Waals surface area (Å²) < 4.78 is 13.4. The molecule has 0 radical (unpaired) electrons. The van der Waals surface area contributed by atoms with Crippen LogP contribution in [0.3, 0.4) is 0 Å². The molecule has 1 fully saturated rings. The highest BCUT2D eigenvalue weighted by atomic mass is 19.1. The van der Waals surface area contributed by atoms with Gasteiger partial charge in [-0.3, -0.25) is 0 Å². The zero-order chi connectivity index (χ0) is 13.8. The lowest BCUT2D eigenvalue weighted by Gasteiger charge is -2.35. The van der Waals surface area contributed by atoms with Crippen LogP contribution < -0.4 is 10.2 Å². The summed E-state index contributed by atoms with van der Waals surface area (Å²) in [7, 11) is 0. The molecule has 2 rings (SSSR count). The summed E-state index contributed by atoms with van der Waals surface area (Å²) in [6.07, 6.45) is 4.99. The monoisotopic (exact) mass is 265 g/mol. The maximum absolute atomic E-state index is 13.4. The third kappa shape index (κ3) is 3.66. The highest BCUT2D eigenvalue weighted by Crippen LogP contribution is 2.26. The van der Waals surface area contributed by atoms with Gasteiger partial charge in [0, 0.05) is 30.7 Å². The minimum Gasteiger partial charge on any atom is -0.354 e. The summed E-state index contributed by atoms with van der Waals surface area (Å²) in [6.45, 7) is 8.10. The fraction of sp³-hybridized carbons (Fsp3) is 0.667. The second kappa shape index (κ2) is 6.33. The molecular formula is C15H24FN3. The van der Waals surface area contributed by atoms with Crippen molar-refractivity contribution in [2.45, 2.75) is 58.7 Å². The van der Waals surface area contributed by atoms with Gasteiger partial charge in [0.25, 0.3) is 0 Å². The maximum Gasteiger partial charge on any atom is 0.141 e. The van der Waals surface area contributed by atoms with Crippen LogP contribution in [0.25, 0.3) is 0 Å². The molecule has 1 saturated heterocycles. The maximum atomic E-state index is 13.4. The lowest BCUT2D eigenvalue weighted by atomic mass is 10.0. The van der Waals surface area contributed by atoms with Crippen LogP contribution >= 0.6 is 0 Å². The molecule has 1 atom stereocenters. The average Bonchev–Trinajstić information content (AvgIpc) is 2.37. The van der Waals surface area contributed by atoms with Gasteiger partial charge < -0.3 is 10.2 Å². The Hall–Kier alpha value is -1.16. The Morgan fingerprint density at radius 1 is 1.47 bits per heavy atom. The largest absolute Gasteiger partial charge is 0.354 e. The molecule has 0 aliphatic carbocycles. The fourth-order valence-electron chi connectivity index (χ4n) is 2.59.